The lowest BCUT2D eigenvalue weighted by atomic mass is 10.2. The Morgan fingerprint density at radius 2 is 2.16 bits per heavy atom. The van der Waals surface area contributed by atoms with Gasteiger partial charge in [0.1, 0.15) is 11.6 Å². The van der Waals surface area contributed by atoms with E-state index in [1.807, 2.05) is 39.0 Å². The average molecular weight is 394 g/mol. The minimum atomic E-state index is -0.414. The van der Waals surface area contributed by atoms with Crippen molar-refractivity contribution in [2.24, 2.45) is 0 Å². The van der Waals surface area contributed by atoms with Gasteiger partial charge in [0, 0.05) is 16.3 Å². The van der Waals surface area contributed by atoms with Crippen LogP contribution < -0.4 is 5.32 Å². The van der Waals surface area contributed by atoms with Crippen LogP contribution in [0.3, 0.4) is 0 Å². The standard InChI is InChI=1S/C16H16ClN5OS2/c1-9-6-10(2)22(21-9)11(3)15(23)19-12-4-5-14(13(17)7-12)25-16-20-18-8-24-16/h4-8,11H,1-3H3,(H,19,23). The molecule has 0 radical (unpaired) electrons. The van der Waals surface area contributed by atoms with Gasteiger partial charge in [-0.25, -0.2) is 0 Å². The van der Waals surface area contributed by atoms with Crippen LogP contribution in [0.5, 0.6) is 0 Å². The predicted octanol–water partition coefficient (Wildman–Crippen LogP) is 4.36. The van der Waals surface area contributed by atoms with Gasteiger partial charge in [-0.15, -0.1) is 10.2 Å². The smallest absolute Gasteiger partial charge is 0.248 e. The Bertz CT molecular complexity index is 894. The maximum atomic E-state index is 12.5. The fourth-order valence-corrected chi connectivity index (χ4v) is 4.09. The van der Waals surface area contributed by atoms with Crippen molar-refractivity contribution in [3.8, 4) is 0 Å². The van der Waals surface area contributed by atoms with Gasteiger partial charge < -0.3 is 5.32 Å². The van der Waals surface area contributed by atoms with Crippen LogP contribution in [0.1, 0.15) is 24.4 Å². The van der Waals surface area contributed by atoms with E-state index < -0.39 is 6.04 Å². The number of aromatic nitrogens is 4. The fraction of sp³-hybridized carbons (Fsp3) is 0.250. The Labute approximate surface area is 158 Å². The number of aryl methyl sites for hydroxylation is 2. The molecule has 1 unspecified atom stereocenters. The summed E-state index contributed by atoms with van der Waals surface area (Å²) in [7, 11) is 0. The number of carbonyl (C=O) groups is 1. The first-order valence-corrected chi connectivity index (χ1v) is 9.58. The molecule has 2 aromatic heterocycles. The van der Waals surface area contributed by atoms with Gasteiger partial charge in [0.15, 0.2) is 4.34 Å². The van der Waals surface area contributed by atoms with E-state index >= 15 is 0 Å². The third kappa shape index (κ3) is 4.20. The highest BCUT2D eigenvalue weighted by atomic mass is 35.5. The Morgan fingerprint density at radius 1 is 1.36 bits per heavy atom. The lowest BCUT2D eigenvalue weighted by Gasteiger charge is -2.15. The number of nitrogens with one attached hydrogen (secondary N) is 1. The summed E-state index contributed by atoms with van der Waals surface area (Å²) < 4.78 is 2.53. The zero-order valence-electron chi connectivity index (χ0n) is 13.9. The number of hydrogen-bond donors (Lipinski definition) is 1. The number of nitrogens with zero attached hydrogens (tertiary/aromatic N) is 4. The van der Waals surface area contributed by atoms with E-state index in [0.29, 0.717) is 10.7 Å². The molecule has 0 aliphatic heterocycles. The third-order valence-corrected chi connectivity index (χ3v) is 5.81. The van der Waals surface area contributed by atoms with Crippen molar-refractivity contribution < 1.29 is 4.79 Å². The number of hydrogen-bond acceptors (Lipinski definition) is 6. The van der Waals surface area contributed by atoms with E-state index in [1.165, 1.54) is 23.1 Å². The van der Waals surface area contributed by atoms with Crippen molar-refractivity contribution in [1.29, 1.82) is 0 Å². The lowest BCUT2D eigenvalue weighted by Crippen LogP contribution is -2.25. The van der Waals surface area contributed by atoms with Gasteiger partial charge in [0.2, 0.25) is 5.91 Å². The van der Waals surface area contributed by atoms with Crippen molar-refractivity contribution in [2.75, 3.05) is 5.32 Å². The van der Waals surface area contributed by atoms with Crippen LogP contribution in [-0.2, 0) is 4.79 Å². The highest BCUT2D eigenvalue weighted by Gasteiger charge is 2.18. The molecule has 1 atom stereocenters. The van der Waals surface area contributed by atoms with Gasteiger partial charge in [-0.1, -0.05) is 34.7 Å². The summed E-state index contributed by atoms with van der Waals surface area (Å²) in [6.07, 6.45) is 0. The number of rotatable bonds is 5. The highest BCUT2D eigenvalue weighted by Crippen LogP contribution is 2.35. The van der Waals surface area contributed by atoms with Gasteiger partial charge in [-0.3, -0.25) is 9.48 Å². The number of amides is 1. The SMILES string of the molecule is Cc1cc(C)n(C(C)C(=O)Nc2ccc(Sc3nncs3)c(Cl)c2)n1. The van der Waals surface area contributed by atoms with Crippen LogP contribution in [0.2, 0.25) is 5.02 Å². The molecule has 0 spiro atoms. The van der Waals surface area contributed by atoms with Crippen LogP contribution in [-0.4, -0.2) is 25.9 Å². The average Bonchev–Trinajstić information content (AvgIpc) is 3.18. The quantitative estimate of drug-likeness (QED) is 0.697. The van der Waals surface area contributed by atoms with Gasteiger partial charge >= 0.3 is 0 Å². The summed E-state index contributed by atoms with van der Waals surface area (Å²) in [5.74, 6) is -0.146. The van der Waals surface area contributed by atoms with Gasteiger partial charge in [-0.05, 0) is 45.0 Å². The van der Waals surface area contributed by atoms with E-state index in [0.717, 1.165) is 20.6 Å². The van der Waals surface area contributed by atoms with E-state index in [1.54, 1.807) is 16.3 Å². The molecule has 9 heteroatoms. The maximum absolute atomic E-state index is 12.5. The first kappa shape index (κ1) is 17.9. The van der Waals surface area contributed by atoms with Gasteiger partial charge in [0.05, 0.1) is 10.7 Å². The molecule has 2 heterocycles. The Morgan fingerprint density at radius 3 is 2.76 bits per heavy atom. The second-order valence-corrected chi connectivity index (χ2v) is 8.02. The number of anilines is 1. The van der Waals surface area contributed by atoms with Gasteiger partial charge in [0.25, 0.3) is 0 Å². The minimum absolute atomic E-state index is 0.146. The molecular formula is C16H16ClN5OS2. The zero-order chi connectivity index (χ0) is 18.0. The number of benzene rings is 1. The predicted molar refractivity (Wildman–Crippen MR) is 101 cm³/mol. The molecule has 25 heavy (non-hydrogen) atoms. The first-order chi connectivity index (χ1) is 11.9. The van der Waals surface area contributed by atoms with Crippen LogP contribution in [0, 0.1) is 13.8 Å². The molecule has 6 nitrogen and oxygen atoms in total. The van der Waals surface area contributed by atoms with E-state index in [9.17, 15) is 4.79 Å². The Kier molecular flexibility index (Phi) is 5.41. The summed E-state index contributed by atoms with van der Waals surface area (Å²) in [5.41, 5.74) is 4.15. The lowest BCUT2D eigenvalue weighted by molar-refractivity contribution is -0.119. The molecular weight excluding hydrogens is 378 g/mol. The first-order valence-electron chi connectivity index (χ1n) is 7.51. The summed E-state index contributed by atoms with van der Waals surface area (Å²) in [6.45, 7) is 5.65. The number of carbonyl (C=O) groups excluding carboxylic acids is 1. The molecule has 0 aliphatic carbocycles. The van der Waals surface area contributed by atoms with Crippen molar-refractivity contribution in [2.45, 2.75) is 36.0 Å². The zero-order valence-corrected chi connectivity index (χ0v) is 16.2. The second kappa shape index (κ2) is 7.55. The third-order valence-electron chi connectivity index (χ3n) is 3.53. The van der Waals surface area contributed by atoms with E-state index in [2.05, 4.69) is 20.6 Å². The molecule has 0 saturated carbocycles. The van der Waals surface area contributed by atoms with E-state index in [-0.39, 0.29) is 5.91 Å². The highest BCUT2D eigenvalue weighted by molar-refractivity contribution is 8.01. The molecule has 130 valence electrons. The molecule has 1 N–H and O–H groups in total. The van der Waals surface area contributed by atoms with Crippen LogP contribution in [0.4, 0.5) is 5.69 Å². The minimum Gasteiger partial charge on any atom is -0.324 e. The Balaban J connectivity index is 1.71. The molecule has 0 fully saturated rings. The van der Waals surface area contributed by atoms with Crippen LogP contribution >= 0.6 is 34.7 Å². The van der Waals surface area contributed by atoms with Crippen molar-refractivity contribution in [3.05, 3.63) is 46.2 Å². The second-order valence-electron chi connectivity index (χ2n) is 5.49. The largest absolute Gasteiger partial charge is 0.324 e. The topological polar surface area (TPSA) is 72.7 Å². The number of halogens is 1. The monoisotopic (exact) mass is 393 g/mol. The molecule has 1 amide bonds. The van der Waals surface area contributed by atoms with E-state index in [4.69, 9.17) is 11.6 Å². The Hall–Kier alpha value is -1.90. The van der Waals surface area contributed by atoms with Crippen LogP contribution in [0.15, 0.2) is 39.0 Å². The summed E-state index contributed by atoms with van der Waals surface area (Å²) in [4.78, 5) is 13.4. The van der Waals surface area contributed by atoms with Crippen molar-refractivity contribution in [1.82, 2.24) is 20.0 Å². The molecule has 0 saturated heterocycles. The van der Waals surface area contributed by atoms with Crippen molar-refractivity contribution in [3.63, 3.8) is 0 Å². The van der Waals surface area contributed by atoms with Crippen LogP contribution in [0.25, 0.3) is 0 Å². The molecule has 3 aromatic rings. The fourth-order valence-electron chi connectivity index (χ4n) is 2.36. The maximum Gasteiger partial charge on any atom is 0.248 e. The molecule has 0 bridgehead atoms. The van der Waals surface area contributed by atoms with Crippen molar-refractivity contribution >= 4 is 46.3 Å². The normalized spacial score (nSPS) is 12.2. The summed E-state index contributed by atoms with van der Waals surface area (Å²) >= 11 is 9.21. The van der Waals surface area contributed by atoms with Gasteiger partial charge in [-0.2, -0.15) is 5.10 Å². The molecule has 1 aromatic carbocycles. The summed E-state index contributed by atoms with van der Waals surface area (Å²) in [6, 6.07) is 6.94. The molecule has 0 aliphatic rings. The molecule has 3 rings (SSSR count). The summed E-state index contributed by atoms with van der Waals surface area (Å²) in [5, 5.41) is 15.6.